The fourth-order valence-corrected chi connectivity index (χ4v) is 2.67. The number of hydrogen-bond donors (Lipinski definition) is 1. The van der Waals surface area contributed by atoms with Gasteiger partial charge in [0.25, 0.3) is 0 Å². The summed E-state index contributed by atoms with van der Waals surface area (Å²) in [5, 5.41) is 1.09. The van der Waals surface area contributed by atoms with Crippen LogP contribution in [0.25, 0.3) is 0 Å². The van der Waals surface area contributed by atoms with Gasteiger partial charge in [0.05, 0.1) is 15.7 Å². The van der Waals surface area contributed by atoms with E-state index in [1.807, 2.05) is 12.1 Å². The summed E-state index contributed by atoms with van der Waals surface area (Å²) in [6.45, 7) is 12.1. The van der Waals surface area contributed by atoms with Crippen molar-refractivity contribution in [3.8, 4) is 0 Å². The van der Waals surface area contributed by atoms with Crippen LogP contribution in [0.1, 0.15) is 46.1 Å². The van der Waals surface area contributed by atoms with E-state index in [4.69, 9.17) is 28.9 Å². The van der Waals surface area contributed by atoms with Crippen molar-refractivity contribution in [2.75, 3.05) is 18.8 Å². The van der Waals surface area contributed by atoms with E-state index in [-0.39, 0.29) is 0 Å². The van der Waals surface area contributed by atoms with Crippen LogP contribution in [0.5, 0.6) is 0 Å². The van der Waals surface area contributed by atoms with Crippen LogP contribution in [0, 0.1) is 11.8 Å². The average molecular weight is 331 g/mol. The smallest absolute Gasteiger partial charge is 0.0693 e. The van der Waals surface area contributed by atoms with E-state index in [0.29, 0.717) is 27.6 Å². The van der Waals surface area contributed by atoms with Crippen molar-refractivity contribution in [1.82, 2.24) is 4.90 Å². The Morgan fingerprint density at radius 3 is 1.76 bits per heavy atom. The Morgan fingerprint density at radius 1 is 0.952 bits per heavy atom. The molecular formula is C17H28Cl2N2. The molecule has 0 amide bonds. The van der Waals surface area contributed by atoms with E-state index in [1.165, 1.54) is 12.8 Å². The van der Waals surface area contributed by atoms with Crippen LogP contribution >= 0.6 is 23.2 Å². The minimum Gasteiger partial charge on any atom is -0.396 e. The average Bonchev–Trinajstić information content (AvgIpc) is 2.38. The van der Waals surface area contributed by atoms with Crippen LogP contribution in [-0.2, 0) is 6.54 Å². The van der Waals surface area contributed by atoms with Gasteiger partial charge in [0.15, 0.2) is 0 Å². The molecule has 0 aromatic heterocycles. The third-order valence-corrected chi connectivity index (χ3v) is 4.22. The molecule has 2 N–H and O–H groups in total. The van der Waals surface area contributed by atoms with E-state index < -0.39 is 0 Å². The Morgan fingerprint density at radius 2 is 1.38 bits per heavy atom. The Balaban J connectivity index is 2.74. The molecule has 1 aromatic rings. The minimum atomic E-state index is 0.470. The molecule has 21 heavy (non-hydrogen) atoms. The summed E-state index contributed by atoms with van der Waals surface area (Å²) in [6, 6.07) is 3.86. The van der Waals surface area contributed by atoms with E-state index in [2.05, 4.69) is 32.6 Å². The molecule has 0 aliphatic rings. The zero-order valence-corrected chi connectivity index (χ0v) is 15.1. The van der Waals surface area contributed by atoms with E-state index in [9.17, 15) is 0 Å². The summed E-state index contributed by atoms with van der Waals surface area (Å²) in [5.41, 5.74) is 7.40. The molecule has 0 unspecified atom stereocenters. The first kappa shape index (κ1) is 18.6. The van der Waals surface area contributed by atoms with Crippen LogP contribution in [0.2, 0.25) is 10.0 Å². The first-order valence-corrected chi connectivity index (χ1v) is 8.51. The molecule has 0 radical (unpaired) electrons. The quantitative estimate of drug-likeness (QED) is 0.640. The maximum Gasteiger partial charge on any atom is 0.0693 e. The number of nitrogen functional groups attached to an aromatic ring is 1. The highest BCUT2D eigenvalue weighted by atomic mass is 35.5. The molecule has 0 spiro atoms. The highest BCUT2D eigenvalue weighted by Crippen LogP contribution is 2.29. The van der Waals surface area contributed by atoms with Gasteiger partial charge in [-0.1, -0.05) is 50.9 Å². The van der Waals surface area contributed by atoms with Crippen molar-refractivity contribution in [2.45, 2.75) is 47.1 Å². The standard InChI is InChI=1S/C17H28Cl2N2/c1-12(2)5-7-21(8-6-13(3)4)11-14-9-15(18)17(20)16(19)10-14/h9-10,12-13H,5-8,11,20H2,1-4H3. The fraction of sp³-hybridized carbons (Fsp3) is 0.647. The Labute approximate surface area is 139 Å². The molecule has 0 aliphatic carbocycles. The molecule has 2 nitrogen and oxygen atoms in total. The highest BCUT2D eigenvalue weighted by molar-refractivity contribution is 6.38. The van der Waals surface area contributed by atoms with Gasteiger partial charge in [-0.3, -0.25) is 4.90 Å². The van der Waals surface area contributed by atoms with E-state index >= 15 is 0 Å². The molecule has 0 aliphatic heterocycles. The summed E-state index contributed by atoms with van der Waals surface area (Å²) in [5.74, 6) is 1.43. The third-order valence-electron chi connectivity index (χ3n) is 3.59. The highest BCUT2D eigenvalue weighted by Gasteiger charge is 2.11. The molecule has 0 bridgehead atoms. The van der Waals surface area contributed by atoms with Gasteiger partial charge >= 0.3 is 0 Å². The van der Waals surface area contributed by atoms with Gasteiger partial charge in [-0.15, -0.1) is 0 Å². The van der Waals surface area contributed by atoms with Gasteiger partial charge in [-0.2, -0.15) is 0 Å². The molecule has 120 valence electrons. The Kier molecular flexibility index (Phi) is 7.86. The predicted octanol–water partition coefficient (Wildman–Crippen LogP) is 5.47. The largest absolute Gasteiger partial charge is 0.396 e. The lowest BCUT2D eigenvalue weighted by atomic mass is 10.1. The van der Waals surface area contributed by atoms with Crippen LogP contribution in [-0.4, -0.2) is 18.0 Å². The second kappa shape index (κ2) is 8.87. The maximum absolute atomic E-state index is 6.13. The normalized spacial score (nSPS) is 11.9. The number of nitrogens with two attached hydrogens (primary N) is 1. The number of anilines is 1. The van der Waals surface area contributed by atoms with Gasteiger partial charge in [0, 0.05) is 6.54 Å². The number of benzene rings is 1. The molecule has 0 heterocycles. The van der Waals surface area contributed by atoms with Gasteiger partial charge in [0.2, 0.25) is 0 Å². The van der Waals surface area contributed by atoms with Gasteiger partial charge in [-0.25, -0.2) is 0 Å². The van der Waals surface area contributed by atoms with Gasteiger partial charge < -0.3 is 5.73 Å². The summed E-state index contributed by atoms with van der Waals surface area (Å²) < 4.78 is 0. The summed E-state index contributed by atoms with van der Waals surface area (Å²) in [7, 11) is 0. The van der Waals surface area contributed by atoms with Gasteiger partial charge in [-0.05, 0) is 55.5 Å². The predicted molar refractivity (Wildman–Crippen MR) is 95.1 cm³/mol. The Hall–Kier alpha value is -0.440. The lowest BCUT2D eigenvalue weighted by Gasteiger charge is -2.24. The Bertz CT molecular complexity index is 409. The molecular weight excluding hydrogens is 303 g/mol. The number of nitrogens with zero attached hydrogens (tertiary/aromatic N) is 1. The number of rotatable bonds is 8. The van der Waals surface area contributed by atoms with Crippen molar-refractivity contribution in [2.24, 2.45) is 11.8 Å². The monoisotopic (exact) mass is 330 g/mol. The SMILES string of the molecule is CC(C)CCN(CCC(C)C)Cc1cc(Cl)c(N)c(Cl)c1. The van der Waals surface area contributed by atoms with E-state index in [0.717, 1.165) is 25.2 Å². The lowest BCUT2D eigenvalue weighted by molar-refractivity contribution is 0.236. The minimum absolute atomic E-state index is 0.470. The molecule has 0 atom stereocenters. The fourth-order valence-electron chi connectivity index (χ4n) is 2.14. The van der Waals surface area contributed by atoms with Crippen LogP contribution in [0.4, 0.5) is 5.69 Å². The molecule has 4 heteroatoms. The summed E-state index contributed by atoms with van der Waals surface area (Å²) in [6.07, 6.45) is 2.41. The summed E-state index contributed by atoms with van der Waals surface area (Å²) in [4.78, 5) is 2.48. The maximum atomic E-state index is 6.13. The van der Waals surface area contributed by atoms with Crippen LogP contribution < -0.4 is 5.73 Å². The van der Waals surface area contributed by atoms with Crippen LogP contribution in [0.3, 0.4) is 0 Å². The van der Waals surface area contributed by atoms with Crippen molar-refractivity contribution in [1.29, 1.82) is 0 Å². The van der Waals surface area contributed by atoms with Crippen molar-refractivity contribution in [3.63, 3.8) is 0 Å². The molecule has 0 fully saturated rings. The molecule has 0 saturated carbocycles. The zero-order chi connectivity index (χ0) is 16.0. The number of hydrogen-bond acceptors (Lipinski definition) is 2. The molecule has 0 saturated heterocycles. The van der Waals surface area contributed by atoms with Crippen LogP contribution in [0.15, 0.2) is 12.1 Å². The zero-order valence-electron chi connectivity index (χ0n) is 13.6. The first-order valence-electron chi connectivity index (χ1n) is 7.75. The second-order valence-corrected chi connectivity index (χ2v) is 7.43. The first-order chi connectivity index (χ1) is 9.79. The topological polar surface area (TPSA) is 29.3 Å². The molecule has 1 aromatic carbocycles. The van der Waals surface area contributed by atoms with Crippen molar-refractivity contribution >= 4 is 28.9 Å². The van der Waals surface area contributed by atoms with Gasteiger partial charge in [0.1, 0.15) is 0 Å². The third kappa shape index (κ3) is 6.90. The second-order valence-electron chi connectivity index (χ2n) is 6.61. The summed E-state index contributed by atoms with van der Waals surface area (Å²) >= 11 is 12.3. The number of halogens is 2. The van der Waals surface area contributed by atoms with Crippen molar-refractivity contribution < 1.29 is 0 Å². The van der Waals surface area contributed by atoms with Crippen molar-refractivity contribution in [3.05, 3.63) is 27.7 Å². The van der Waals surface area contributed by atoms with E-state index in [1.54, 1.807) is 0 Å². The lowest BCUT2D eigenvalue weighted by Crippen LogP contribution is -2.27. The molecule has 1 rings (SSSR count).